The number of hydrogen-bond donors (Lipinski definition) is 12. The molecule has 4 fully saturated rings. The number of rotatable bonds is 18. The fraction of sp³-hybridized carbons (Fsp3) is 0.355. The fourth-order valence-corrected chi connectivity index (χ4v) is 9.64. The minimum Gasteiger partial charge on any atom is -0.453 e. The van der Waals surface area contributed by atoms with Crippen molar-refractivity contribution in [3.63, 3.8) is 0 Å². The van der Waals surface area contributed by atoms with Gasteiger partial charge in [0.2, 0.25) is 5.91 Å². The number of benzene rings is 4. The number of amides is 12. The number of carbonyl (C=O) groups excluding carboxylic acids is 10. The zero-order valence-corrected chi connectivity index (χ0v) is 62.4. The van der Waals surface area contributed by atoms with Crippen LogP contribution in [-0.2, 0) is 38.0 Å². The summed E-state index contributed by atoms with van der Waals surface area (Å²) in [4.78, 5) is 123. The topological polar surface area (TPSA) is 424 Å². The number of alkyl carbamates (subject to hydrolysis) is 3. The first-order valence-corrected chi connectivity index (χ1v) is 33.4. The van der Waals surface area contributed by atoms with E-state index in [1.54, 1.807) is 47.6 Å². The zero-order valence-electron chi connectivity index (χ0n) is 57.5. The summed E-state index contributed by atoms with van der Waals surface area (Å²) in [5, 5.41) is 29.2. The van der Waals surface area contributed by atoms with Crippen LogP contribution in [-0.4, -0.2) is 193 Å². The summed E-state index contributed by atoms with van der Waals surface area (Å²) in [5.41, 5.74) is 1.05. The number of halogens is 4. The lowest BCUT2D eigenvalue weighted by atomic mass is 10.2. The Morgan fingerprint density at radius 3 is 0.915 bits per heavy atom. The number of methoxy groups -OCH3 is 1. The Labute approximate surface area is 635 Å². The van der Waals surface area contributed by atoms with Crippen molar-refractivity contribution in [2.45, 2.75) is 72.9 Å². The van der Waals surface area contributed by atoms with Crippen LogP contribution in [0.3, 0.4) is 0 Å². The maximum Gasteiger partial charge on any atom is 0.415 e. The van der Waals surface area contributed by atoms with Crippen LogP contribution in [0.5, 0.6) is 0 Å². The molecule has 8 rings (SSSR count). The van der Waals surface area contributed by atoms with Crippen molar-refractivity contribution in [3.05, 3.63) is 96.1 Å². The minimum absolute atomic E-state index is 0. The van der Waals surface area contributed by atoms with Gasteiger partial charge in [-0.1, -0.05) is 48.9 Å². The lowest BCUT2D eigenvalue weighted by molar-refractivity contribution is -0.117. The molecule has 44 heteroatoms. The maximum absolute atomic E-state index is 14.4. The van der Waals surface area contributed by atoms with Crippen LogP contribution in [0, 0.1) is 23.3 Å². The van der Waals surface area contributed by atoms with Crippen LogP contribution in [0.4, 0.5) is 106 Å². The molecule has 0 saturated carbocycles. The van der Waals surface area contributed by atoms with Crippen LogP contribution in [0.1, 0.15) is 48.5 Å². The van der Waals surface area contributed by atoms with Crippen LogP contribution >= 0.6 is 73.3 Å². The van der Waals surface area contributed by atoms with E-state index in [1.165, 1.54) is 81.3 Å². The molecule has 14 N–H and O–H groups in total. The van der Waals surface area contributed by atoms with Gasteiger partial charge in [0.25, 0.3) is 0 Å². The highest BCUT2D eigenvalue weighted by molar-refractivity contribution is 7.81. The largest absolute Gasteiger partial charge is 0.453 e. The van der Waals surface area contributed by atoms with Gasteiger partial charge in [-0.15, -0.1) is 0 Å². The van der Waals surface area contributed by atoms with E-state index in [-0.39, 0.29) is 83.5 Å². The summed E-state index contributed by atoms with van der Waals surface area (Å²) in [5.74, 6) is -3.40. The van der Waals surface area contributed by atoms with Gasteiger partial charge in [0.05, 0.1) is 138 Å². The second-order valence-corrected chi connectivity index (χ2v) is 24.9. The van der Waals surface area contributed by atoms with Crippen LogP contribution in [0.15, 0.2) is 72.8 Å². The van der Waals surface area contributed by atoms with Crippen LogP contribution < -0.4 is 83.4 Å². The van der Waals surface area contributed by atoms with Crippen molar-refractivity contribution in [1.29, 1.82) is 0 Å². The van der Waals surface area contributed by atoms with Crippen LogP contribution in [0.25, 0.3) is 0 Å². The molecular formula is C62H74F4N16O18S6. The number of hydrogen-bond acceptors (Lipinski definition) is 23. The van der Waals surface area contributed by atoms with E-state index in [9.17, 15) is 65.5 Å². The first-order chi connectivity index (χ1) is 49.6. The standard InChI is InChI=1S/C16H19FN4O5S.C16H19FN4O4S2.C15H17FN4O4S2.C15H17FN4O4S.H2O/c1-3-25-15(23)20-14(22)19-13-5-4-10(6-12(13)17)21-8-11(26-16(21)24)7-18-9(2)27;1-3-24-15(22)20-14(27)19-13-5-4-10(6-12(13)17)21-8-11(25-16(21)23)7-18-9(2)26;1-8(25)17-6-10-7-20(15(22)24-10)9-3-4-12(11(16)5-9)18-13(26)19-14(21)23-2;1-8(21)18-14(22)19-13-4-3-10(5-12(13)16)20-7-11(24-15(20)23)6-17-9(2)25;/h4-6,11H,3,7-8H2,1-2H3,(H,18,27)(H2,19,20,22,23);4-6,11H,3,7-8H2,1-2H3,(H,18,26)(H2,19,20,22,27);3-5,10H,6-7H2,1-2H3,(H,17,25)(H2,18,19,21,26);3-5,11H,6-7H2,1-2H3,(H,17,25)(H2,18,19,21,22);1H2/t2*11-;10-;11-;/m0000./s1. The maximum atomic E-state index is 14.4. The molecule has 0 unspecified atom stereocenters. The monoisotopic (exact) mass is 1600 g/mol. The van der Waals surface area contributed by atoms with Gasteiger partial charge in [-0.3, -0.25) is 40.3 Å². The molecule has 0 bridgehead atoms. The summed E-state index contributed by atoms with van der Waals surface area (Å²) >= 11 is 29.4. The van der Waals surface area contributed by atoms with E-state index in [1.807, 2.05) is 10.6 Å². The van der Waals surface area contributed by atoms with Gasteiger partial charge in [0.15, 0.2) is 10.2 Å². The predicted molar refractivity (Wildman–Crippen MR) is 405 cm³/mol. The first-order valence-electron chi connectivity index (χ1n) is 31.0. The summed E-state index contributed by atoms with van der Waals surface area (Å²) < 4.78 is 91.5. The van der Waals surface area contributed by atoms with Gasteiger partial charge < -0.3 is 81.2 Å². The minimum atomic E-state index is -0.946. The van der Waals surface area contributed by atoms with Gasteiger partial charge in [0, 0.05) is 6.92 Å². The average Bonchev–Trinajstić information content (AvgIpc) is 1.63. The Kier molecular flexibility index (Phi) is 35.4. The smallest absolute Gasteiger partial charge is 0.415 e. The molecular weight excluding hydrogens is 1530 g/mol. The zero-order chi connectivity index (χ0) is 77.8. The molecule has 4 atom stereocenters. The lowest BCUT2D eigenvalue weighted by Crippen LogP contribution is -2.35. The second-order valence-electron chi connectivity index (χ2n) is 21.7. The number of carbonyl (C=O) groups is 10. The first kappa shape index (κ1) is 87.6. The van der Waals surface area contributed by atoms with E-state index in [2.05, 4.69) is 67.4 Å². The fourth-order valence-electron chi connectivity index (χ4n) is 8.92. The van der Waals surface area contributed by atoms with E-state index < -0.39 is 108 Å². The highest BCUT2D eigenvalue weighted by Crippen LogP contribution is 2.30. The van der Waals surface area contributed by atoms with E-state index in [0.717, 1.165) is 19.1 Å². The molecule has 4 heterocycles. The molecule has 0 aliphatic carbocycles. The van der Waals surface area contributed by atoms with Gasteiger partial charge in [-0.25, -0.2) is 66.0 Å². The predicted octanol–water partition coefficient (Wildman–Crippen LogP) is 7.97. The number of urea groups is 2. The number of cyclic esters (lactones) is 4. The average molecular weight is 1600 g/mol. The van der Waals surface area contributed by atoms with Crippen molar-refractivity contribution >= 4 is 210 Å². The second kappa shape index (κ2) is 42.8. The molecule has 4 aromatic carbocycles. The number of nitrogens with zero attached hydrogens (tertiary/aromatic N) is 4. The van der Waals surface area contributed by atoms with Gasteiger partial charge >= 0.3 is 54.7 Å². The van der Waals surface area contributed by atoms with Gasteiger partial charge in [-0.05, 0) is 139 Å². The molecule has 0 radical (unpaired) electrons. The number of ether oxygens (including phenoxy) is 7. The Bertz CT molecular complexity index is 3870. The highest BCUT2D eigenvalue weighted by Gasteiger charge is 2.36. The Hall–Kier alpha value is -10.8. The van der Waals surface area contributed by atoms with E-state index in [4.69, 9.17) is 92.3 Å². The van der Waals surface area contributed by atoms with Crippen molar-refractivity contribution in [1.82, 2.24) is 42.5 Å². The van der Waals surface area contributed by atoms with Gasteiger partial charge in [0.1, 0.15) is 47.7 Å². The normalized spacial score (nSPS) is 15.7. The van der Waals surface area contributed by atoms with Crippen molar-refractivity contribution in [2.75, 3.05) is 114 Å². The van der Waals surface area contributed by atoms with Crippen molar-refractivity contribution in [3.8, 4) is 0 Å². The molecule has 4 aromatic rings. The quantitative estimate of drug-likeness (QED) is 0.0255. The van der Waals surface area contributed by atoms with Crippen molar-refractivity contribution < 1.29 is 104 Å². The highest BCUT2D eigenvalue weighted by atomic mass is 32.1. The summed E-state index contributed by atoms with van der Waals surface area (Å²) in [6.45, 7) is 14.0. The summed E-state index contributed by atoms with van der Waals surface area (Å²) in [7, 11) is 1.18. The lowest BCUT2D eigenvalue weighted by Gasteiger charge is -2.15. The molecule has 4 saturated heterocycles. The third-order valence-electron chi connectivity index (χ3n) is 13.5. The Balaban J connectivity index is 0.000000298. The van der Waals surface area contributed by atoms with Crippen LogP contribution in [0.2, 0.25) is 0 Å². The number of nitrogens with one attached hydrogen (secondary N) is 12. The Morgan fingerprint density at radius 2 is 0.670 bits per heavy atom. The molecule has 0 aromatic heterocycles. The molecule has 12 amide bonds. The third-order valence-corrected chi connectivity index (χ3v) is 14.5. The Morgan fingerprint density at radius 1 is 0.415 bits per heavy atom. The summed E-state index contributed by atoms with van der Waals surface area (Å²) in [6, 6.07) is 14.1. The number of anilines is 8. The molecule has 106 heavy (non-hydrogen) atoms. The van der Waals surface area contributed by atoms with Gasteiger partial charge in [-0.2, -0.15) is 0 Å². The molecule has 4 aliphatic heterocycles. The summed E-state index contributed by atoms with van der Waals surface area (Å²) in [6.07, 6.45) is -6.41. The third kappa shape index (κ3) is 29.0. The SMILES string of the molecule is CC(=O)NC(=O)Nc1ccc(N2C[C@H](CNC(C)=S)OC2=O)cc1F.CCOC(=O)NC(=O)Nc1ccc(N2C[C@H](CNC(C)=S)OC2=O)cc1F.CCOC(=O)NC(=S)Nc1ccc(N2C[C@H](CNC(C)=S)OC2=O)cc1F.COC(=O)NC(=S)Nc1ccc(N2C[C@H](CNC(C)=S)OC2=O)cc1F.O. The number of imide groups is 2. The van der Waals surface area contributed by atoms with E-state index >= 15 is 0 Å². The molecule has 0 spiro atoms. The molecule has 4 aliphatic rings. The molecule has 34 nitrogen and oxygen atoms in total. The van der Waals surface area contributed by atoms with Crippen molar-refractivity contribution in [2.24, 2.45) is 0 Å². The van der Waals surface area contributed by atoms with E-state index in [0.29, 0.717) is 63.2 Å². The number of thiocarbonyl (C=S) groups is 6. The molecule has 574 valence electrons.